The topological polar surface area (TPSA) is 6.48 Å². The largest absolute Gasteiger partial charge is 0.303 e. The third kappa shape index (κ3) is 12.0. The quantitative estimate of drug-likeness (QED) is 0.239. The molecule has 0 bridgehead atoms. The summed E-state index contributed by atoms with van der Waals surface area (Å²) in [7, 11) is 0. The molecule has 2 aliphatic rings. The van der Waals surface area contributed by atoms with Gasteiger partial charge in [0.05, 0.1) is 0 Å². The third-order valence-corrected chi connectivity index (χ3v) is 8.79. The van der Waals surface area contributed by atoms with Gasteiger partial charge in [-0.15, -0.1) is 0 Å². The number of thioether (sulfide) groups is 1. The van der Waals surface area contributed by atoms with Gasteiger partial charge < -0.3 is 9.80 Å². The fourth-order valence-electron chi connectivity index (χ4n) is 5.10. The molecule has 0 aliphatic carbocycles. The van der Waals surface area contributed by atoms with Crippen LogP contribution in [-0.4, -0.2) is 59.6 Å². The van der Waals surface area contributed by atoms with Crippen LogP contribution in [-0.2, 0) is 0 Å². The first-order chi connectivity index (χ1) is 14.3. The van der Waals surface area contributed by atoms with Crippen molar-refractivity contribution in [2.45, 2.75) is 127 Å². The van der Waals surface area contributed by atoms with E-state index in [9.17, 15) is 0 Å². The molecular formula is C26H52N2S. The molecule has 2 nitrogen and oxygen atoms in total. The van der Waals surface area contributed by atoms with E-state index in [-0.39, 0.29) is 0 Å². The van der Waals surface area contributed by atoms with E-state index in [2.05, 4.69) is 35.4 Å². The van der Waals surface area contributed by atoms with Crippen molar-refractivity contribution in [3.8, 4) is 0 Å². The summed E-state index contributed by atoms with van der Waals surface area (Å²) < 4.78 is 0. The number of nitrogens with zero attached hydrogens (tertiary/aromatic N) is 2. The Morgan fingerprint density at radius 2 is 0.966 bits per heavy atom. The van der Waals surface area contributed by atoms with Gasteiger partial charge in [0.25, 0.3) is 0 Å². The van der Waals surface area contributed by atoms with Gasteiger partial charge in [0.1, 0.15) is 0 Å². The molecule has 0 aromatic rings. The average Bonchev–Trinajstić information content (AvgIpc) is 2.77. The Balaban J connectivity index is 1.81. The summed E-state index contributed by atoms with van der Waals surface area (Å²) in [5.74, 6) is 0. The van der Waals surface area contributed by atoms with Crippen LogP contribution in [0.5, 0.6) is 0 Å². The van der Waals surface area contributed by atoms with E-state index in [0.717, 1.165) is 10.5 Å². The Morgan fingerprint density at radius 3 is 1.34 bits per heavy atom. The zero-order valence-corrected chi connectivity index (χ0v) is 20.8. The molecule has 2 saturated heterocycles. The fraction of sp³-hybridized carbons (Fsp3) is 1.00. The fourth-order valence-corrected chi connectivity index (χ4v) is 6.73. The van der Waals surface area contributed by atoms with Gasteiger partial charge in [-0.3, -0.25) is 0 Å². The lowest BCUT2D eigenvalue weighted by atomic mass is 10.1. The van der Waals surface area contributed by atoms with Crippen molar-refractivity contribution in [2.24, 2.45) is 0 Å². The van der Waals surface area contributed by atoms with Gasteiger partial charge in [-0.25, -0.2) is 0 Å². The van der Waals surface area contributed by atoms with E-state index in [4.69, 9.17) is 0 Å². The predicted molar refractivity (Wildman–Crippen MR) is 133 cm³/mol. The van der Waals surface area contributed by atoms with Crippen LogP contribution in [0.25, 0.3) is 0 Å². The van der Waals surface area contributed by atoms with E-state index in [0.29, 0.717) is 0 Å². The van der Waals surface area contributed by atoms with Crippen molar-refractivity contribution >= 4 is 11.8 Å². The molecule has 0 N–H and O–H groups in total. The molecule has 2 atom stereocenters. The third-order valence-electron chi connectivity index (χ3n) is 7.08. The van der Waals surface area contributed by atoms with Crippen molar-refractivity contribution in [1.82, 2.24) is 9.80 Å². The molecule has 0 saturated carbocycles. The zero-order chi connectivity index (χ0) is 20.6. The van der Waals surface area contributed by atoms with Crippen LogP contribution < -0.4 is 0 Å². The highest BCUT2D eigenvalue weighted by Gasteiger charge is 2.20. The van der Waals surface area contributed by atoms with Crippen LogP contribution >= 0.6 is 11.8 Å². The molecule has 0 radical (unpaired) electrons. The van der Waals surface area contributed by atoms with Gasteiger partial charge in [-0.2, -0.15) is 11.8 Å². The van der Waals surface area contributed by atoms with E-state index in [1.54, 1.807) is 0 Å². The van der Waals surface area contributed by atoms with E-state index >= 15 is 0 Å². The number of hydrogen-bond donors (Lipinski definition) is 0. The smallest absolute Gasteiger partial charge is 0.00620 e. The average molecular weight is 425 g/mol. The number of piperidine rings is 2. The highest BCUT2D eigenvalue weighted by molar-refractivity contribution is 8.00. The minimum absolute atomic E-state index is 0.899. The van der Waals surface area contributed by atoms with Gasteiger partial charge in [-0.1, -0.05) is 65.2 Å². The Morgan fingerprint density at radius 1 is 0.552 bits per heavy atom. The Bertz CT molecular complexity index is 330. The Kier molecular flexibility index (Phi) is 14.9. The number of hydrogen-bond acceptors (Lipinski definition) is 3. The van der Waals surface area contributed by atoms with Crippen LogP contribution in [0.2, 0.25) is 0 Å². The van der Waals surface area contributed by atoms with Gasteiger partial charge in [0, 0.05) is 10.5 Å². The van der Waals surface area contributed by atoms with Crippen LogP contribution in [0, 0.1) is 0 Å². The summed E-state index contributed by atoms with van der Waals surface area (Å²) in [5, 5.41) is 1.80. The Labute approximate surface area is 187 Å². The lowest BCUT2D eigenvalue weighted by Gasteiger charge is -2.31. The first kappa shape index (κ1) is 25.5. The first-order valence-corrected chi connectivity index (χ1v) is 14.4. The normalized spacial score (nSPS) is 21.3. The van der Waals surface area contributed by atoms with Gasteiger partial charge >= 0.3 is 0 Å². The summed E-state index contributed by atoms with van der Waals surface area (Å²) in [4.78, 5) is 5.52. The van der Waals surface area contributed by atoms with Crippen molar-refractivity contribution < 1.29 is 0 Å². The molecule has 2 heterocycles. The molecule has 0 amide bonds. The van der Waals surface area contributed by atoms with Crippen molar-refractivity contribution in [1.29, 1.82) is 0 Å². The summed E-state index contributed by atoms with van der Waals surface area (Å²) in [6.45, 7) is 12.9. The molecule has 0 aromatic carbocycles. The summed E-state index contributed by atoms with van der Waals surface area (Å²) in [6.07, 6.45) is 22.9. The molecule has 3 heteroatoms. The highest BCUT2D eigenvalue weighted by Crippen LogP contribution is 2.31. The summed E-state index contributed by atoms with van der Waals surface area (Å²) in [5.41, 5.74) is 0. The predicted octanol–water partition coefficient (Wildman–Crippen LogP) is 7.37. The molecule has 2 fully saturated rings. The maximum absolute atomic E-state index is 2.76. The van der Waals surface area contributed by atoms with Crippen LogP contribution in [0.3, 0.4) is 0 Å². The molecule has 0 spiro atoms. The SMILES string of the molecule is CCCCCC(CCN1CCCCC1)SC(CCCCC)CCN1CCCCC1. The molecular weight excluding hydrogens is 372 g/mol. The lowest BCUT2D eigenvalue weighted by Crippen LogP contribution is -2.33. The minimum atomic E-state index is 0.899. The monoisotopic (exact) mass is 424 g/mol. The standard InChI is InChI=1S/C26H52N2S/c1-3-5-9-15-25(17-23-27-19-11-7-12-20-27)29-26(16-10-6-4-2)18-24-28-21-13-8-14-22-28/h25-26H,3-24H2,1-2H3. The maximum atomic E-state index is 2.76. The molecule has 172 valence electrons. The zero-order valence-electron chi connectivity index (χ0n) is 20.0. The molecule has 2 unspecified atom stereocenters. The minimum Gasteiger partial charge on any atom is -0.303 e. The lowest BCUT2D eigenvalue weighted by molar-refractivity contribution is 0.223. The van der Waals surface area contributed by atoms with E-state index in [1.165, 1.54) is 142 Å². The Hall–Kier alpha value is 0.270. The van der Waals surface area contributed by atoms with Crippen molar-refractivity contribution in [3.05, 3.63) is 0 Å². The molecule has 2 rings (SSSR count). The number of rotatable bonds is 16. The van der Waals surface area contributed by atoms with Crippen LogP contribution in [0.1, 0.15) is 117 Å². The first-order valence-electron chi connectivity index (χ1n) is 13.4. The number of unbranched alkanes of at least 4 members (excludes halogenated alkanes) is 4. The number of likely N-dealkylation sites (tertiary alicyclic amines) is 2. The second kappa shape index (κ2) is 16.9. The van der Waals surface area contributed by atoms with Crippen LogP contribution in [0.4, 0.5) is 0 Å². The second-order valence-electron chi connectivity index (χ2n) is 9.75. The molecule has 2 aliphatic heterocycles. The summed E-state index contributed by atoms with van der Waals surface area (Å²) >= 11 is 2.41. The molecule has 29 heavy (non-hydrogen) atoms. The van der Waals surface area contributed by atoms with Crippen LogP contribution in [0.15, 0.2) is 0 Å². The van der Waals surface area contributed by atoms with E-state index in [1.807, 2.05) is 0 Å². The molecule has 0 aromatic heterocycles. The van der Waals surface area contributed by atoms with Gasteiger partial charge in [-0.05, 0) is 90.6 Å². The second-order valence-corrected chi connectivity index (χ2v) is 11.4. The van der Waals surface area contributed by atoms with Crippen molar-refractivity contribution in [2.75, 3.05) is 39.3 Å². The van der Waals surface area contributed by atoms with E-state index < -0.39 is 0 Å². The highest BCUT2D eigenvalue weighted by atomic mass is 32.2. The van der Waals surface area contributed by atoms with Gasteiger partial charge in [0.15, 0.2) is 0 Å². The summed E-state index contributed by atoms with van der Waals surface area (Å²) in [6, 6.07) is 0. The maximum Gasteiger partial charge on any atom is 0.00620 e. The van der Waals surface area contributed by atoms with Crippen molar-refractivity contribution in [3.63, 3.8) is 0 Å². The van der Waals surface area contributed by atoms with Gasteiger partial charge in [0.2, 0.25) is 0 Å².